The lowest BCUT2D eigenvalue weighted by atomic mass is 10.2. The van der Waals surface area contributed by atoms with Crippen molar-refractivity contribution in [2.45, 2.75) is 0 Å². The van der Waals surface area contributed by atoms with E-state index in [1.165, 1.54) is 41.8 Å². The highest BCUT2D eigenvalue weighted by Gasteiger charge is 2.09. The van der Waals surface area contributed by atoms with Crippen LogP contribution in [-0.4, -0.2) is 12.1 Å². The van der Waals surface area contributed by atoms with E-state index in [0.717, 1.165) is 10.4 Å². The molecule has 0 bridgehead atoms. The summed E-state index contributed by atoms with van der Waals surface area (Å²) in [5.41, 5.74) is 3.79. The molecule has 6 heteroatoms. The third kappa shape index (κ3) is 3.91. The summed E-state index contributed by atoms with van der Waals surface area (Å²) >= 11 is 1.28. The van der Waals surface area contributed by atoms with Crippen LogP contribution in [0.3, 0.4) is 0 Å². The summed E-state index contributed by atoms with van der Waals surface area (Å²) in [6, 6.07) is 15.4. The average molecular weight is 342 g/mol. The normalized spacial score (nSPS) is 10.9. The summed E-state index contributed by atoms with van der Waals surface area (Å²) in [4.78, 5) is 13.4. The monoisotopic (exact) mass is 342 g/mol. The fourth-order valence-electron chi connectivity index (χ4n) is 2.04. The minimum absolute atomic E-state index is 0.306. The Balaban J connectivity index is 1.66. The van der Waals surface area contributed by atoms with Crippen molar-refractivity contribution in [3.05, 3.63) is 82.7 Å². The van der Waals surface area contributed by atoms with Crippen LogP contribution in [0.2, 0.25) is 0 Å². The van der Waals surface area contributed by atoms with Gasteiger partial charge in [-0.1, -0.05) is 24.3 Å². The number of benzene rings is 2. The molecule has 1 aromatic heterocycles. The average Bonchev–Trinajstić information content (AvgIpc) is 3.05. The van der Waals surface area contributed by atoms with Crippen LogP contribution in [0.5, 0.6) is 0 Å². The van der Waals surface area contributed by atoms with E-state index in [4.69, 9.17) is 0 Å². The molecule has 0 aliphatic carbocycles. The highest BCUT2D eigenvalue weighted by Crippen LogP contribution is 2.28. The molecule has 1 N–H and O–H groups in total. The number of hydrogen-bond donors (Lipinski definition) is 1. The Bertz CT molecular complexity index is 888. The van der Waals surface area contributed by atoms with Gasteiger partial charge in [-0.3, -0.25) is 4.79 Å². The molecule has 3 nitrogen and oxygen atoms in total. The molecule has 2 aromatic carbocycles. The molecule has 1 heterocycles. The van der Waals surface area contributed by atoms with Crippen molar-refractivity contribution in [1.82, 2.24) is 5.43 Å². The largest absolute Gasteiger partial charge is 0.281 e. The Labute approximate surface area is 141 Å². The third-order valence-corrected chi connectivity index (χ3v) is 4.32. The molecule has 1 amide bonds. The fourth-order valence-corrected chi connectivity index (χ4v) is 2.94. The Morgan fingerprint density at radius 1 is 1.00 bits per heavy atom. The van der Waals surface area contributed by atoms with E-state index < -0.39 is 0 Å². The van der Waals surface area contributed by atoms with Crippen LogP contribution in [0.25, 0.3) is 10.4 Å². The van der Waals surface area contributed by atoms with E-state index in [-0.39, 0.29) is 17.5 Å². The molecule has 0 radical (unpaired) electrons. The van der Waals surface area contributed by atoms with Crippen LogP contribution in [-0.2, 0) is 0 Å². The van der Waals surface area contributed by atoms with E-state index in [1.807, 2.05) is 0 Å². The third-order valence-electron chi connectivity index (χ3n) is 3.19. The van der Waals surface area contributed by atoms with Gasteiger partial charge in [-0.25, -0.2) is 14.2 Å². The van der Waals surface area contributed by atoms with E-state index in [0.29, 0.717) is 10.4 Å². The maximum atomic E-state index is 13.0. The maximum Gasteiger partial charge on any atom is 0.281 e. The number of thiophene rings is 1. The van der Waals surface area contributed by atoms with E-state index in [2.05, 4.69) is 10.5 Å². The second kappa shape index (κ2) is 7.14. The van der Waals surface area contributed by atoms with E-state index in [1.54, 1.807) is 36.4 Å². The highest BCUT2D eigenvalue weighted by molar-refractivity contribution is 7.17. The van der Waals surface area contributed by atoms with Crippen molar-refractivity contribution in [3.63, 3.8) is 0 Å². The number of rotatable bonds is 4. The number of halogens is 2. The van der Waals surface area contributed by atoms with Crippen molar-refractivity contribution >= 4 is 23.5 Å². The standard InChI is InChI=1S/C18H12F2N2OS/c19-14-6-4-13(5-7-14)16-8-9-17(24-16)18(23)22-21-11-12-2-1-3-15(20)10-12/h1-11H,(H,22,23)/b21-11-. The van der Waals surface area contributed by atoms with Crippen molar-refractivity contribution in [3.8, 4) is 10.4 Å². The van der Waals surface area contributed by atoms with Crippen molar-refractivity contribution < 1.29 is 13.6 Å². The molecule has 0 aliphatic rings. The summed E-state index contributed by atoms with van der Waals surface area (Å²) in [7, 11) is 0. The number of nitrogens with zero attached hydrogens (tertiary/aromatic N) is 1. The summed E-state index contributed by atoms with van der Waals surface area (Å²) in [5.74, 6) is -1.03. The lowest BCUT2D eigenvalue weighted by Crippen LogP contribution is -2.16. The second-order valence-corrected chi connectivity index (χ2v) is 6.01. The van der Waals surface area contributed by atoms with Crippen molar-refractivity contribution in [2.24, 2.45) is 5.10 Å². The van der Waals surface area contributed by atoms with Gasteiger partial charge in [0, 0.05) is 4.88 Å². The first-order valence-electron chi connectivity index (χ1n) is 7.06. The molecular weight excluding hydrogens is 330 g/mol. The van der Waals surface area contributed by atoms with Gasteiger partial charge < -0.3 is 0 Å². The van der Waals surface area contributed by atoms with Gasteiger partial charge in [0.15, 0.2) is 0 Å². The lowest BCUT2D eigenvalue weighted by Gasteiger charge is -1.97. The molecule has 24 heavy (non-hydrogen) atoms. The van der Waals surface area contributed by atoms with E-state index in [9.17, 15) is 13.6 Å². The maximum absolute atomic E-state index is 13.0. The summed E-state index contributed by atoms with van der Waals surface area (Å²) in [5, 5.41) is 3.82. The quantitative estimate of drug-likeness (QED) is 0.552. The van der Waals surface area contributed by atoms with E-state index >= 15 is 0 Å². The second-order valence-electron chi connectivity index (χ2n) is 4.92. The van der Waals surface area contributed by atoms with Gasteiger partial charge in [-0.05, 0) is 47.5 Å². The smallest absolute Gasteiger partial charge is 0.266 e. The summed E-state index contributed by atoms with van der Waals surface area (Å²) in [6.07, 6.45) is 1.37. The number of hydrazone groups is 1. The number of carbonyl (C=O) groups excluding carboxylic acids is 1. The summed E-state index contributed by atoms with van der Waals surface area (Å²) < 4.78 is 26.0. The first-order valence-corrected chi connectivity index (χ1v) is 7.88. The zero-order valence-corrected chi connectivity index (χ0v) is 13.2. The van der Waals surface area contributed by atoms with Gasteiger partial charge >= 0.3 is 0 Å². The van der Waals surface area contributed by atoms with Gasteiger partial charge in [0.05, 0.1) is 11.1 Å². The number of amides is 1. The molecule has 3 rings (SSSR count). The van der Waals surface area contributed by atoms with Gasteiger partial charge in [0.25, 0.3) is 5.91 Å². The van der Waals surface area contributed by atoms with Crippen LogP contribution in [0.15, 0.2) is 65.8 Å². The van der Waals surface area contributed by atoms with Crippen molar-refractivity contribution in [1.29, 1.82) is 0 Å². The van der Waals surface area contributed by atoms with Gasteiger partial charge in [-0.2, -0.15) is 5.10 Å². The fraction of sp³-hybridized carbons (Fsp3) is 0. The molecule has 0 atom stereocenters. The molecule has 0 saturated carbocycles. The van der Waals surface area contributed by atoms with Gasteiger partial charge in [0.2, 0.25) is 0 Å². The highest BCUT2D eigenvalue weighted by atomic mass is 32.1. The van der Waals surface area contributed by atoms with Gasteiger partial charge in [-0.15, -0.1) is 11.3 Å². The Kier molecular flexibility index (Phi) is 4.77. The molecular formula is C18H12F2N2OS. The minimum atomic E-state index is -0.368. The van der Waals surface area contributed by atoms with Crippen LogP contribution in [0.1, 0.15) is 15.2 Å². The number of nitrogens with one attached hydrogen (secondary N) is 1. The minimum Gasteiger partial charge on any atom is -0.266 e. The zero-order valence-electron chi connectivity index (χ0n) is 12.4. The van der Waals surface area contributed by atoms with Gasteiger partial charge in [0.1, 0.15) is 11.6 Å². The molecule has 0 saturated heterocycles. The van der Waals surface area contributed by atoms with Crippen LogP contribution in [0, 0.1) is 11.6 Å². The first kappa shape index (κ1) is 16.0. The topological polar surface area (TPSA) is 41.5 Å². The number of hydrogen-bond acceptors (Lipinski definition) is 3. The molecule has 0 fully saturated rings. The van der Waals surface area contributed by atoms with Crippen LogP contribution >= 0.6 is 11.3 Å². The van der Waals surface area contributed by atoms with Crippen molar-refractivity contribution in [2.75, 3.05) is 0 Å². The molecule has 3 aromatic rings. The molecule has 0 unspecified atom stereocenters. The zero-order chi connectivity index (χ0) is 16.9. The molecule has 0 spiro atoms. The predicted octanol–water partition coefficient (Wildman–Crippen LogP) is 4.46. The first-order chi connectivity index (χ1) is 11.6. The SMILES string of the molecule is O=C(N/N=C\c1cccc(F)c1)c1ccc(-c2ccc(F)cc2)s1. The Morgan fingerprint density at radius 2 is 1.79 bits per heavy atom. The molecule has 0 aliphatic heterocycles. The Morgan fingerprint density at radius 3 is 2.54 bits per heavy atom. The summed E-state index contributed by atoms with van der Waals surface area (Å²) in [6.45, 7) is 0. The number of carbonyl (C=O) groups is 1. The Hall–Kier alpha value is -2.86. The van der Waals surface area contributed by atoms with Crippen LogP contribution in [0.4, 0.5) is 8.78 Å². The van der Waals surface area contributed by atoms with Crippen LogP contribution < -0.4 is 5.43 Å². The molecule has 120 valence electrons. The lowest BCUT2D eigenvalue weighted by molar-refractivity contribution is 0.0959. The predicted molar refractivity (Wildman–Crippen MR) is 91.2 cm³/mol.